The van der Waals surface area contributed by atoms with E-state index in [1.165, 1.54) is 25.7 Å². The zero-order valence-corrected chi connectivity index (χ0v) is 10.8. The van der Waals surface area contributed by atoms with Gasteiger partial charge in [0.1, 0.15) is 0 Å². The van der Waals surface area contributed by atoms with Crippen LogP contribution in [0.3, 0.4) is 0 Å². The highest BCUT2D eigenvalue weighted by molar-refractivity contribution is 4.80. The number of rotatable bonds is 4. The van der Waals surface area contributed by atoms with Crippen molar-refractivity contribution in [1.82, 2.24) is 5.32 Å². The molecule has 0 aromatic heterocycles. The van der Waals surface area contributed by atoms with Crippen LogP contribution >= 0.6 is 0 Å². The molecule has 1 fully saturated rings. The van der Waals surface area contributed by atoms with Gasteiger partial charge >= 0.3 is 0 Å². The average molecular weight is 213 g/mol. The maximum Gasteiger partial charge on any atom is 0.0727 e. The van der Waals surface area contributed by atoms with Gasteiger partial charge in [0.15, 0.2) is 0 Å². The van der Waals surface area contributed by atoms with Gasteiger partial charge in [-0.1, -0.05) is 33.6 Å². The predicted molar refractivity (Wildman–Crippen MR) is 65.1 cm³/mol. The molecule has 0 heterocycles. The third-order valence-corrected chi connectivity index (χ3v) is 3.26. The number of likely N-dealkylation sites (N-methyl/N-ethyl adjacent to an activating group) is 1. The third kappa shape index (κ3) is 4.98. The van der Waals surface area contributed by atoms with Gasteiger partial charge in [0.2, 0.25) is 0 Å². The second-order valence-electron chi connectivity index (χ2n) is 5.90. The summed E-state index contributed by atoms with van der Waals surface area (Å²) in [6, 6.07) is 0.582. The summed E-state index contributed by atoms with van der Waals surface area (Å²) in [4.78, 5) is 0. The maximum atomic E-state index is 6.00. The Morgan fingerprint density at radius 1 is 1.20 bits per heavy atom. The molecule has 2 nitrogen and oxygen atoms in total. The molecule has 1 rings (SSSR count). The molecule has 0 aromatic carbocycles. The molecule has 2 heteroatoms. The van der Waals surface area contributed by atoms with Crippen molar-refractivity contribution in [2.75, 3.05) is 13.7 Å². The smallest absolute Gasteiger partial charge is 0.0727 e. The van der Waals surface area contributed by atoms with Crippen molar-refractivity contribution in [1.29, 1.82) is 0 Å². The molecule has 1 N–H and O–H groups in total. The monoisotopic (exact) mass is 213 g/mol. The molecule has 2 atom stereocenters. The molecular weight excluding hydrogens is 186 g/mol. The number of hydrogen-bond acceptors (Lipinski definition) is 2. The van der Waals surface area contributed by atoms with Gasteiger partial charge < -0.3 is 10.1 Å². The molecule has 0 aliphatic heterocycles. The Balaban J connectivity index is 2.23. The van der Waals surface area contributed by atoms with E-state index >= 15 is 0 Å². The lowest BCUT2D eigenvalue weighted by Gasteiger charge is -2.32. The highest BCUT2D eigenvalue weighted by atomic mass is 16.5. The van der Waals surface area contributed by atoms with E-state index in [4.69, 9.17) is 4.74 Å². The first kappa shape index (κ1) is 13.0. The molecule has 0 radical (unpaired) electrons. The van der Waals surface area contributed by atoms with Crippen LogP contribution in [0.2, 0.25) is 0 Å². The number of hydrogen-bond donors (Lipinski definition) is 1. The largest absolute Gasteiger partial charge is 0.377 e. The molecule has 0 saturated heterocycles. The summed E-state index contributed by atoms with van der Waals surface area (Å²) in [6.45, 7) is 7.72. The van der Waals surface area contributed by atoms with Crippen LogP contribution < -0.4 is 5.32 Å². The van der Waals surface area contributed by atoms with E-state index in [9.17, 15) is 0 Å². The Kier molecular flexibility index (Phi) is 5.07. The fourth-order valence-corrected chi connectivity index (χ4v) is 2.14. The van der Waals surface area contributed by atoms with Gasteiger partial charge in [-0.3, -0.25) is 0 Å². The highest BCUT2D eigenvalue weighted by Gasteiger charge is 2.24. The van der Waals surface area contributed by atoms with Crippen LogP contribution in [0, 0.1) is 5.41 Å². The Hall–Kier alpha value is -0.0800. The lowest BCUT2D eigenvalue weighted by molar-refractivity contribution is -0.00335. The van der Waals surface area contributed by atoms with Crippen LogP contribution in [-0.4, -0.2) is 25.8 Å². The van der Waals surface area contributed by atoms with E-state index in [1.807, 2.05) is 0 Å². The maximum absolute atomic E-state index is 6.00. The molecule has 0 bridgehead atoms. The zero-order valence-electron chi connectivity index (χ0n) is 10.8. The van der Waals surface area contributed by atoms with E-state index in [0.29, 0.717) is 17.6 Å². The number of ether oxygens (including phenoxy) is 1. The van der Waals surface area contributed by atoms with Crippen molar-refractivity contribution in [2.45, 2.75) is 65.0 Å². The van der Waals surface area contributed by atoms with Gasteiger partial charge in [-0.05, 0) is 31.7 Å². The molecule has 0 amide bonds. The molecule has 0 aromatic rings. The Labute approximate surface area is 94.8 Å². The van der Waals surface area contributed by atoms with Crippen LogP contribution in [0.5, 0.6) is 0 Å². The summed E-state index contributed by atoms with van der Waals surface area (Å²) in [6.07, 6.45) is 6.79. The highest BCUT2D eigenvalue weighted by Crippen LogP contribution is 2.23. The van der Waals surface area contributed by atoms with E-state index in [1.54, 1.807) is 0 Å². The molecule has 1 saturated carbocycles. The van der Waals surface area contributed by atoms with Crippen molar-refractivity contribution in [3.63, 3.8) is 0 Å². The first-order chi connectivity index (χ1) is 7.03. The topological polar surface area (TPSA) is 21.3 Å². The minimum Gasteiger partial charge on any atom is -0.377 e. The van der Waals surface area contributed by atoms with Crippen LogP contribution in [0.25, 0.3) is 0 Å². The first-order valence-corrected chi connectivity index (χ1v) is 6.32. The molecular formula is C13H27NO. The molecule has 0 spiro atoms. The zero-order chi connectivity index (χ0) is 11.3. The fourth-order valence-electron chi connectivity index (χ4n) is 2.14. The Bertz CT molecular complexity index is 174. The molecule has 2 unspecified atom stereocenters. The van der Waals surface area contributed by atoms with Gasteiger partial charge in [0.05, 0.1) is 6.10 Å². The quantitative estimate of drug-likeness (QED) is 0.775. The summed E-state index contributed by atoms with van der Waals surface area (Å²) < 4.78 is 6.00. The minimum atomic E-state index is 0.393. The van der Waals surface area contributed by atoms with Crippen molar-refractivity contribution in [3.05, 3.63) is 0 Å². The molecule has 1 aliphatic carbocycles. The van der Waals surface area contributed by atoms with Crippen molar-refractivity contribution < 1.29 is 4.74 Å². The minimum absolute atomic E-state index is 0.393. The molecule has 90 valence electrons. The lowest BCUT2D eigenvalue weighted by atomic mass is 9.91. The van der Waals surface area contributed by atoms with Gasteiger partial charge in [-0.2, -0.15) is 0 Å². The second-order valence-corrected chi connectivity index (χ2v) is 5.90. The standard InChI is InChI=1S/C13H27NO/c1-13(2,3)9-10-15-12-8-6-5-7-11(12)14-4/h11-12,14H,5-10H2,1-4H3. The van der Waals surface area contributed by atoms with Crippen LogP contribution in [0.1, 0.15) is 52.9 Å². The van der Waals surface area contributed by atoms with E-state index in [0.717, 1.165) is 13.0 Å². The summed E-state index contributed by atoms with van der Waals surface area (Å²) in [5.41, 5.74) is 0.393. The average Bonchev–Trinajstić information content (AvgIpc) is 2.16. The molecule has 15 heavy (non-hydrogen) atoms. The second kappa shape index (κ2) is 5.86. The van der Waals surface area contributed by atoms with Crippen LogP contribution in [0.15, 0.2) is 0 Å². The summed E-state index contributed by atoms with van der Waals surface area (Å²) in [7, 11) is 2.05. The Morgan fingerprint density at radius 2 is 1.87 bits per heavy atom. The fraction of sp³-hybridized carbons (Fsp3) is 1.00. The summed E-state index contributed by atoms with van der Waals surface area (Å²) in [5, 5.41) is 3.38. The third-order valence-electron chi connectivity index (χ3n) is 3.26. The van der Waals surface area contributed by atoms with Gasteiger partial charge in [-0.15, -0.1) is 0 Å². The van der Waals surface area contributed by atoms with Crippen LogP contribution in [0.4, 0.5) is 0 Å². The summed E-state index contributed by atoms with van der Waals surface area (Å²) >= 11 is 0. The first-order valence-electron chi connectivity index (χ1n) is 6.32. The predicted octanol–water partition coefficient (Wildman–Crippen LogP) is 2.97. The van der Waals surface area contributed by atoms with E-state index in [2.05, 4.69) is 33.1 Å². The SMILES string of the molecule is CNC1CCCCC1OCCC(C)(C)C. The Morgan fingerprint density at radius 3 is 2.47 bits per heavy atom. The van der Waals surface area contributed by atoms with E-state index in [-0.39, 0.29) is 0 Å². The molecule has 1 aliphatic rings. The lowest BCUT2D eigenvalue weighted by Crippen LogP contribution is -2.42. The summed E-state index contributed by atoms with van der Waals surface area (Å²) in [5.74, 6) is 0. The van der Waals surface area contributed by atoms with Gasteiger partial charge in [0.25, 0.3) is 0 Å². The number of nitrogens with one attached hydrogen (secondary N) is 1. The van der Waals surface area contributed by atoms with Crippen LogP contribution in [-0.2, 0) is 4.74 Å². The van der Waals surface area contributed by atoms with Crippen molar-refractivity contribution in [2.24, 2.45) is 5.41 Å². The van der Waals surface area contributed by atoms with Gasteiger partial charge in [0, 0.05) is 12.6 Å². The van der Waals surface area contributed by atoms with Crippen molar-refractivity contribution in [3.8, 4) is 0 Å². The van der Waals surface area contributed by atoms with Gasteiger partial charge in [-0.25, -0.2) is 0 Å². The van der Waals surface area contributed by atoms with Crippen molar-refractivity contribution >= 4 is 0 Å². The van der Waals surface area contributed by atoms with E-state index < -0.39 is 0 Å². The normalized spacial score (nSPS) is 28.0.